The molecular weight excluding hydrogens is 456 g/mol. The summed E-state index contributed by atoms with van der Waals surface area (Å²) >= 11 is 0. The van der Waals surface area contributed by atoms with E-state index < -0.39 is 0 Å². The minimum absolute atomic E-state index is 0.0121. The molecule has 4 aromatic rings. The molecule has 0 N–H and O–H groups in total. The molecule has 3 aromatic carbocycles. The van der Waals surface area contributed by atoms with Gasteiger partial charge in [-0.05, 0) is 58.5 Å². The smallest absolute Gasteiger partial charge is 0.178 e. The fourth-order valence-corrected chi connectivity index (χ4v) is 5.23. The van der Waals surface area contributed by atoms with Crippen molar-refractivity contribution < 1.29 is 0 Å². The highest BCUT2D eigenvalue weighted by Gasteiger charge is 2.31. The van der Waals surface area contributed by atoms with Crippen LogP contribution in [0.25, 0.3) is 11.8 Å². The van der Waals surface area contributed by atoms with E-state index in [-0.39, 0.29) is 6.04 Å². The third-order valence-electron chi connectivity index (χ3n) is 7.34. The summed E-state index contributed by atoms with van der Waals surface area (Å²) < 4.78 is 1.96. The molecule has 0 spiro atoms. The molecule has 190 valence electrons. The van der Waals surface area contributed by atoms with Gasteiger partial charge in [0.15, 0.2) is 5.82 Å². The highest BCUT2D eigenvalue weighted by molar-refractivity contribution is 5.49. The van der Waals surface area contributed by atoms with Crippen LogP contribution in [0, 0.1) is 13.8 Å². The summed E-state index contributed by atoms with van der Waals surface area (Å²) in [6.07, 6.45) is 5.51. The van der Waals surface area contributed by atoms with Crippen molar-refractivity contribution in [1.29, 1.82) is 0 Å². The SMILES string of the molecule is CCc1ccc(C(c2nnnn2-c2c(C)cccc2C)N2CCN(CC=Cc3ccccc3)CC2)cc1. The second-order valence-corrected chi connectivity index (χ2v) is 9.84. The minimum Gasteiger partial charge on any atom is -0.297 e. The van der Waals surface area contributed by atoms with Gasteiger partial charge in [0.1, 0.15) is 0 Å². The highest BCUT2D eigenvalue weighted by atomic mass is 15.6. The molecule has 2 heterocycles. The standard InChI is InChI=1S/C31H36N6/c1-4-26-15-17-28(18-16-26)30(31-32-33-34-37(31)29-24(2)10-8-11-25(29)3)36-22-20-35(21-23-36)19-9-14-27-12-6-5-7-13-27/h5-18,30H,4,19-23H2,1-3H3. The molecule has 0 bridgehead atoms. The number of aryl methyl sites for hydroxylation is 3. The van der Waals surface area contributed by atoms with Crippen LogP contribution >= 0.6 is 0 Å². The lowest BCUT2D eigenvalue weighted by Gasteiger charge is -2.38. The van der Waals surface area contributed by atoms with Crippen molar-refractivity contribution in [2.45, 2.75) is 33.2 Å². The summed E-state index contributed by atoms with van der Waals surface area (Å²) in [6, 6.07) is 25.8. The molecule has 1 saturated heterocycles. The number of benzene rings is 3. The van der Waals surface area contributed by atoms with Crippen molar-refractivity contribution in [3.63, 3.8) is 0 Å². The monoisotopic (exact) mass is 492 g/mol. The van der Waals surface area contributed by atoms with E-state index in [1.54, 1.807) is 0 Å². The molecule has 1 aliphatic heterocycles. The molecular formula is C31H36N6. The van der Waals surface area contributed by atoms with Crippen LogP contribution in [-0.4, -0.2) is 62.7 Å². The molecule has 5 rings (SSSR count). The lowest BCUT2D eigenvalue weighted by molar-refractivity contribution is 0.113. The van der Waals surface area contributed by atoms with Crippen molar-refractivity contribution >= 4 is 6.08 Å². The number of hydrogen-bond acceptors (Lipinski definition) is 5. The zero-order valence-electron chi connectivity index (χ0n) is 22.1. The van der Waals surface area contributed by atoms with E-state index in [4.69, 9.17) is 0 Å². The number of nitrogens with zero attached hydrogens (tertiary/aromatic N) is 6. The zero-order chi connectivity index (χ0) is 25.6. The Balaban J connectivity index is 1.39. The Kier molecular flexibility index (Phi) is 7.87. The molecule has 0 amide bonds. The summed E-state index contributed by atoms with van der Waals surface area (Å²) in [7, 11) is 0. The Hall–Kier alpha value is -3.61. The molecule has 0 radical (unpaired) electrons. The number of rotatable bonds is 8. The second-order valence-electron chi connectivity index (χ2n) is 9.84. The van der Waals surface area contributed by atoms with E-state index in [2.05, 4.69) is 131 Å². The lowest BCUT2D eigenvalue weighted by atomic mass is 10.0. The molecule has 0 saturated carbocycles. The quantitative estimate of drug-likeness (QED) is 0.336. The third kappa shape index (κ3) is 5.71. The van der Waals surface area contributed by atoms with Gasteiger partial charge in [0.25, 0.3) is 0 Å². The van der Waals surface area contributed by atoms with Gasteiger partial charge in [-0.15, -0.1) is 5.10 Å². The van der Waals surface area contributed by atoms with Crippen LogP contribution in [-0.2, 0) is 6.42 Å². The molecule has 1 aromatic heterocycles. The van der Waals surface area contributed by atoms with E-state index >= 15 is 0 Å². The molecule has 1 unspecified atom stereocenters. The van der Waals surface area contributed by atoms with Crippen molar-refractivity contribution in [1.82, 2.24) is 30.0 Å². The van der Waals surface area contributed by atoms with Gasteiger partial charge >= 0.3 is 0 Å². The van der Waals surface area contributed by atoms with Gasteiger partial charge in [-0.25, -0.2) is 0 Å². The van der Waals surface area contributed by atoms with Gasteiger partial charge in [-0.3, -0.25) is 9.80 Å². The van der Waals surface area contributed by atoms with Gasteiger partial charge in [0, 0.05) is 32.7 Å². The Morgan fingerprint density at radius 2 is 1.54 bits per heavy atom. The Morgan fingerprint density at radius 1 is 0.838 bits per heavy atom. The normalized spacial score (nSPS) is 15.9. The van der Waals surface area contributed by atoms with E-state index in [9.17, 15) is 0 Å². The maximum atomic E-state index is 4.61. The molecule has 1 atom stereocenters. The summed E-state index contributed by atoms with van der Waals surface area (Å²) in [5.74, 6) is 0.874. The highest BCUT2D eigenvalue weighted by Crippen LogP contribution is 2.31. The van der Waals surface area contributed by atoms with E-state index in [1.807, 2.05) is 4.68 Å². The molecule has 1 aliphatic rings. The first-order chi connectivity index (χ1) is 18.1. The van der Waals surface area contributed by atoms with Gasteiger partial charge in [-0.1, -0.05) is 91.9 Å². The number of piperazine rings is 1. The fraction of sp³-hybridized carbons (Fsp3) is 0.323. The third-order valence-corrected chi connectivity index (χ3v) is 7.34. The van der Waals surface area contributed by atoms with Crippen LogP contribution < -0.4 is 0 Å². The van der Waals surface area contributed by atoms with Crippen LogP contribution in [0.5, 0.6) is 0 Å². The largest absolute Gasteiger partial charge is 0.297 e. The van der Waals surface area contributed by atoms with Crippen LogP contribution in [0.15, 0.2) is 78.9 Å². The number of tetrazole rings is 1. The van der Waals surface area contributed by atoms with Gasteiger partial charge in [0.2, 0.25) is 0 Å². The fourth-order valence-electron chi connectivity index (χ4n) is 5.23. The van der Waals surface area contributed by atoms with Crippen molar-refractivity contribution in [3.05, 3.63) is 113 Å². The van der Waals surface area contributed by atoms with Crippen molar-refractivity contribution in [2.24, 2.45) is 0 Å². The molecule has 37 heavy (non-hydrogen) atoms. The maximum Gasteiger partial charge on any atom is 0.178 e. The van der Waals surface area contributed by atoms with Gasteiger partial charge in [0.05, 0.1) is 11.7 Å². The number of hydrogen-bond donors (Lipinski definition) is 0. The van der Waals surface area contributed by atoms with E-state index in [0.29, 0.717) is 0 Å². The van der Waals surface area contributed by atoms with Crippen LogP contribution in [0.3, 0.4) is 0 Å². The Bertz CT molecular complexity index is 1300. The predicted octanol–water partition coefficient (Wildman–Crippen LogP) is 5.26. The molecule has 0 aliphatic carbocycles. The molecule has 1 fully saturated rings. The van der Waals surface area contributed by atoms with Crippen molar-refractivity contribution in [2.75, 3.05) is 32.7 Å². The summed E-state index contributed by atoms with van der Waals surface area (Å²) in [5, 5.41) is 13.2. The second kappa shape index (κ2) is 11.6. The van der Waals surface area contributed by atoms with Crippen LogP contribution in [0.1, 0.15) is 46.6 Å². The number of para-hydroxylation sites is 1. The predicted molar refractivity (Wildman–Crippen MR) is 150 cm³/mol. The summed E-state index contributed by atoms with van der Waals surface area (Å²) in [6.45, 7) is 11.3. The number of aromatic nitrogens is 4. The lowest BCUT2D eigenvalue weighted by Crippen LogP contribution is -2.48. The summed E-state index contributed by atoms with van der Waals surface area (Å²) in [5.41, 5.74) is 7.23. The minimum atomic E-state index is -0.0121. The van der Waals surface area contributed by atoms with E-state index in [1.165, 1.54) is 27.8 Å². The van der Waals surface area contributed by atoms with Gasteiger partial charge < -0.3 is 0 Å². The van der Waals surface area contributed by atoms with Crippen molar-refractivity contribution in [3.8, 4) is 5.69 Å². The maximum absolute atomic E-state index is 4.61. The Labute approximate surface area is 220 Å². The first-order valence-electron chi connectivity index (χ1n) is 13.3. The summed E-state index contributed by atoms with van der Waals surface area (Å²) in [4.78, 5) is 5.05. The van der Waals surface area contributed by atoms with Crippen LogP contribution in [0.2, 0.25) is 0 Å². The van der Waals surface area contributed by atoms with E-state index in [0.717, 1.165) is 50.7 Å². The first-order valence-corrected chi connectivity index (χ1v) is 13.3. The Morgan fingerprint density at radius 3 is 2.22 bits per heavy atom. The zero-order valence-corrected chi connectivity index (χ0v) is 22.1. The molecule has 6 heteroatoms. The van der Waals surface area contributed by atoms with Gasteiger partial charge in [-0.2, -0.15) is 4.68 Å². The topological polar surface area (TPSA) is 50.1 Å². The van der Waals surface area contributed by atoms with Crippen LogP contribution in [0.4, 0.5) is 0 Å². The average Bonchev–Trinajstić information content (AvgIpc) is 3.39. The average molecular weight is 493 g/mol. The molecule has 6 nitrogen and oxygen atoms in total. The first kappa shape index (κ1) is 25.1.